The lowest BCUT2D eigenvalue weighted by Crippen LogP contribution is -2.26. The van der Waals surface area contributed by atoms with Gasteiger partial charge in [0.05, 0.1) is 12.9 Å². The van der Waals surface area contributed by atoms with Gasteiger partial charge in [-0.2, -0.15) is 0 Å². The van der Waals surface area contributed by atoms with E-state index in [1.54, 1.807) is 7.05 Å². The van der Waals surface area contributed by atoms with Crippen molar-refractivity contribution >= 4 is 17.7 Å². The Morgan fingerprint density at radius 1 is 1.47 bits per heavy atom. The highest BCUT2D eigenvalue weighted by atomic mass is 32.2. The molecule has 1 aromatic rings. The topological polar surface area (TPSA) is 29.5 Å². The summed E-state index contributed by atoms with van der Waals surface area (Å²) in [6.45, 7) is 2.03. The third kappa shape index (κ3) is 3.57. The van der Waals surface area contributed by atoms with Gasteiger partial charge in [0.2, 0.25) is 0 Å². The van der Waals surface area contributed by atoms with Gasteiger partial charge in [0.1, 0.15) is 0 Å². The molecule has 82 valence electrons. The number of aryl methyl sites for hydroxylation is 1. The molecule has 1 aromatic carbocycles. The van der Waals surface area contributed by atoms with E-state index in [2.05, 4.69) is 0 Å². The number of carbonyl (C=O) groups is 1. The van der Waals surface area contributed by atoms with Crippen LogP contribution in [-0.2, 0) is 9.63 Å². The summed E-state index contributed by atoms with van der Waals surface area (Å²) in [4.78, 5) is 17.4. The van der Waals surface area contributed by atoms with Crippen LogP contribution in [0.5, 0.6) is 0 Å². The first-order chi connectivity index (χ1) is 7.15. The zero-order valence-corrected chi connectivity index (χ0v) is 10.0. The number of thioether (sulfide) groups is 1. The van der Waals surface area contributed by atoms with Crippen LogP contribution in [0.3, 0.4) is 0 Å². The van der Waals surface area contributed by atoms with Crippen LogP contribution in [-0.4, -0.2) is 30.9 Å². The molecule has 1 amide bonds. The highest BCUT2D eigenvalue weighted by Gasteiger charge is 2.08. The van der Waals surface area contributed by atoms with Crippen molar-refractivity contribution in [3.63, 3.8) is 0 Å². The molecule has 0 saturated heterocycles. The number of carbonyl (C=O) groups excluding carboxylic acids is 1. The summed E-state index contributed by atoms with van der Waals surface area (Å²) in [5, 5.41) is 1.24. The summed E-state index contributed by atoms with van der Waals surface area (Å²) in [5.41, 5.74) is 1.19. The summed E-state index contributed by atoms with van der Waals surface area (Å²) < 4.78 is 0. The summed E-state index contributed by atoms with van der Waals surface area (Å²) in [7, 11) is 3.09. The molecule has 0 N–H and O–H groups in total. The van der Waals surface area contributed by atoms with Crippen LogP contribution in [0.15, 0.2) is 29.2 Å². The molecule has 0 radical (unpaired) electrons. The first kappa shape index (κ1) is 12.1. The largest absolute Gasteiger partial charge is 0.275 e. The Labute approximate surface area is 94.4 Å². The van der Waals surface area contributed by atoms with Crippen molar-refractivity contribution in [1.82, 2.24) is 5.06 Å². The number of hydroxylamine groups is 2. The highest BCUT2D eigenvalue weighted by molar-refractivity contribution is 8.00. The Balaban J connectivity index is 2.51. The molecule has 15 heavy (non-hydrogen) atoms. The van der Waals surface area contributed by atoms with Gasteiger partial charge in [-0.1, -0.05) is 18.2 Å². The SMILES string of the molecule is CON(C)C(=O)CSc1ccccc1C. The molecule has 0 heterocycles. The molecule has 0 aliphatic heterocycles. The lowest BCUT2D eigenvalue weighted by Gasteiger charge is -2.13. The van der Waals surface area contributed by atoms with Crippen LogP contribution in [0.2, 0.25) is 0 Å². The first-order valence-electron chi connectivity index (χ1n) is 4.64. The minimum absolute atomic E-state index is 0.0363. The molecule has 0 aliphatic rings. The summed E-state index contributed by atoms with van der Waals surface area (Å²) in [5.74, 6) is 0.362. The van der Waals surface area contributed by atoms with Crippen molar-refractivity contribution in [3.8, 4) is 0 Å². The maximum atomic E-state index is 11.4. The molecule has 0 unspecified atom stereocenters. The Kier molecular flexibility index (Phi) is 4.65. The van der Waals surface area contributed by atoms with Crippen LogP contribution >= 0.6 is 11.8 Å². The monoisotopic (exact) mass is 225 g/mol. The third-order valence-electron chi connectivity index (χ3n) is 2.07. The molecular formula is C11H15NO2S. The summed E-state index contributed by atoms with van der Waals surface area (Å²) in [6.07, 6.45) is 0. The van der Waals surface area contributed by atoms with Crippen molar-refractivity contribution < 1.29 is 9.63 Å². The lowest BCUT2D eigenvalue weighted by atomic mass is 10.2. The van der Waals surface area contributed by atoms with Gasteiger partial charge in [0.15, 0.2) is 0 Å². The Hall–Kier alpha value is -1.00. The van der Waals surface area contributed by atoms with E-state index in [4.69, 9.17) is 4.84 Å². The van der Waals surface area contributed by atoms with Crippen molar-refractivity contribution in [3.05, 3.63) is 29.8 Å². The standard InChI is InChI=1S/C11H15NO2S/c1-9-6-4-5-7-10(9)15-8-11(13)12(2)14-3/h4-7H,8H2,1-3H3. The predicted molar refractivity (Wildman–Crippen MR) is 61.7 cm³/mol. The van der Waals surface area contributed by atoms with E-state index in [0.29, 0.717) is 5.75 Å². The van der Waals surface area contributed by atoms with E-state index in [0.717, 1.165) is 4.90 Å². The highest BCUT2D eigenvalue weighted by Crippen LogP contribution is 2.21. The van der Waals surface area contributed by atoms with Gasteiger partial charge in [-0.25, -0.2) is 5.06 Å². The van der Waals surface area contributed by atoms with Crippen molar-refractivity contribution in [2.24, 2.45) is 0 Å². The fraction of sp³-hybridized carbons (Fsp3) is 0.364. The molecular weight excluding hydrogens is 210 g/mol. The second-order valence-corrected chi connectivity index (χ2v) is 4.15. The number of amides is 1. The fourth-order valence-electron chi connectivity index (χ4n) is 1.05. The van der Waals surface area contributed by atoms with Gasteiger partial charge >= 0.3 is 0 Å². The Morgan fingerprint density at radius 2 is 2.13 bits per heavy atom. The number of nitrogens with zero attached hydrogens (tertiary/aromatic N) is 1. The minimum Gasteiger partial charge on any atom is -0.275 e. The van der Waals surface area contributed by atoms with Crippen LogP contribution in [0.4, 0.5) is 0 Å². The number of benzene rings is 1. The summed E-state index contributed by atoms with van der Waals surface area (Å²) >= 11 is 1.53. The van der Waals surface area contributed by atoms with Gasteiger partial charge < -0.3 is 0 Å². The molecule has 0 aliphatic carbocycles. The first-order valence-corrected chi connectivity index (χ1v) is 5.63. The summed E-state index contributed by atoms with van der Waals surface area (Å²) in [6, 6.07) is 8.01. The molecule has 0 fully saturated rings. The lowest BCUT2D eigenvalue weighted by molar-refractivity contribution is -0.165. The quantitative estimate of drug-likeness (QED) is 0.580. The van der Waals surface area contributed by atoms with Crippen LogP contribution in [0.1, 0.15) is 5.56 Å². The maximum Gasteiger partial charge on any atom is 0.256 e. The smallest absolute Gasteiger partial charge is 0.256 e. The van der Waals surface area contributed by atoms with Crippen molar-refractivity contribution in [2.45, 2.75) is 11.8 Å². The van der Waals surface area contributed by atoms with Crippen LogP contribution < -0.4 is 0 Å². The van der Waals surface area contributed by atoms with Crippen LogP contribution in [0, 0.1) is 6.92 Å². The Bertz CT molecular complexity index is 341. The molecule has 0 spiro atoms. The molecule has 4 heteroatoms. The zero-order chi connectivity index (χ0) is 11.3. The van der Waals surface area contributed by atoms with E-state index >= 15 is 0 Å². The van der Waals surface area contributed by atoms with Crippen molar-refractivity contribution in [1.29, 1.82) is 0 Å². The molecule has 0 saturated carbocycles. The van der Waals surface area contributed by atoms with Gasteiger partial charge in [-0.15, -0.1) is 11.8 Å². The second-order valence-electron chi connectivity index (χ2n) is 3.13. The Morgan fingerprint density at radius 3 is 2.73 bits per heavy atom. The number of hydrogen-bond acceptors (Lipinski definition) is 3. The second kappa shape index (κ2) is 5.78. The van der Waals surface area contributed by atoms with E-state index in [-0.39, 0.29) is 5.91 Å². The normalized spacial score (nSPS) is 10.1. The fourth-order valence-corrected chi connectivity index (χ4v) is 1.98. The van der Waals surface area contributed by atoms with Crippen molar-refractivity contribution in [2.75, 3.05) is 19.9 Å². The third-order valence-corrected chi connectivity index (χ3v) is 3.23. The molecule has 3 nitrogen and oxygen atoms in total. The number of rotatable bonds is 4. The van der Waals surface area contributed by atoms with Gasteiger partial charge in [0, 0.05) is 11.9 Å². The minimum atomic E-state index is -0.0363. The average Bonchev–Trinajstić information content (AvgIpc) is 2.26. The van der Waals surface area contributed by atoms with E-state index < -0.39 is 0 Å². The van der Waals surface area contributed by atoms with Gasteiger partial charge in [-0.3, -0.25) is 9.63 Å². The maximum absolute atomic E-state index is 11.4. The average molecular weight is 225 g/mol. The van der Waals surface area contributed by atoms with Gasteiger partial charge in [-0.05, 0) is 18.6 Å². The molecule has 1 rings (SSSR count). The van der Waals surface area contributed by atoms with E-state index in [1.807, 2.05) is 31.2 Å². The zero-order valence-electron chi connectivity index (χ0n) is 9.19. The molecule has 0 atom stereocenters. The predicted octanol–water partition coefficient (Wildman–Crippen LogP) is 2.11. The van der Waals surface area contributed by atoms with Crippen LogP contribution in [0.25, 0.3) is 0 Å². The molecule has 0 aromatic heterocycles. The van der Waals surface area contributed by atoms with E-state index in [1.165, 1.54) is 29.5 Å². The number of hydrogen-bond donors (Lipinski definition) is 0. The van der Waals surface area contributed by atoms with Gasteiger partial charge in [0.25, 0.3) is 5.91 Å². The molecule has 0 bridgehead atoms. The van der Waals surface area contributed by atoms with E-state index in [9.17, 15) is 4.79 Å².